The highest BCUT2D eigenvalue weighted by atomic mass is 16.2. The summed E-state index contributed by atoms with van der Waals surface area (Å²) in [6.07, 6.45) is 4.73. The van der Waals surface area contributed by atoms with E-state index in [4.69, 9.17) is 0 Å². The molecule has 0 aromatic heterocycles. The molecule has 0 aromatic carbocycles. The molecule has 0 aromatic rings. The molecule has 0 unspecified atom stereocenters. The van der Waals surface area contributed by atoms with E-state index >= 15 is 0 Å². The van der Waals surface area contributed by atoms with Crippen LogP contribution in [-0.4, -0.2) is 17.5 Å². The van der Waals surface area contributed by atoms with Crippen LogP contribution in [0, 0.1) is 0 Å². The van der Waals surface area contributed by atoms with Gasteiger partial charge in [0.1, 0.15) is 0 Å². The van der Waals surface area contributed by atoms with Crippen molar-refractivity contribution < 1.29 is 4.79 Å². The summed E-state index contributed by atoms with van der Waals surface area (Å²) in [6, 6.07) is 0. The Labute approximate surface area is 54.3 Å². The highest BCUT2D eigenvalue weighted by molar-refractivity contribution is 5.73. The lowest BCUT2D eigenvalue weighted by atomic mass is 10.4. The van der Waals surface area contributed by atoms with Gasteiger partial charge in [-0.05, 0) is 6.42 Å². The average molecular weight is 126 g/mol. The summed E-state index contributed by atoms with van der Waals surface area (Å²) in [5.74, 6) is 0.0333. The minimum absolute atomic E-state index is 0.0333. The van der Waals surface area contributed by atoms with E-state index in [0.717, 1.165) is 13.0 Å². The number of carbonyl (C=O) groups is 1. The van der Waals surface area contributed by atoms with Gasteiger partial charge in [0.05, 0.1) is 0 Å². The maximum Gasteiger partial charge on any atom is 0.237 e. The Morgan fingerprint density at radius 3 is 2.89 bits per heavy atom. The molecule has 1 heterocycles. The zero-order chi connectivity index (χ0) is 6.69. The molecule has 1 aliphatic rings. The number of hydrazine groups is 1. The van der Waals surface area contributed by atoms with Crippen molar-refractivity contribution in [2.24, 2.45) is 0 Å². The van der Waals surface area contributed by atoms with E-state index in [2.05, 4.69) is 5.43 Å². The predicted octanol–water partition coefficient (Wildman–Crippen LogP) is 0.257. The standard InChI is InChI=1S/C6H10N2O/c1-6(9)8-5-3-2-4-7-8/h3,5,7H,2,4H2,1H3. The van der Waals surface area contributed by atoms with Crippen LogP contribution in [0.3, 0.4) is 0 Å². The molecule has 0 radical (unpaired) electrons. The quantitative estimate of drug-likeness (QED) is 0.505. The number of hydrogen-bond acceptors (Lipinski definition) is 2. The molecule has 9 heavy (non-hydrogen) atoms. The molecule has 1 rings (SSSR count). The number of rotatable bonds is 0. The second-order valence-corrected chi connectivity index (χ2v) is 1.97. The van der Waals surface area contributed by atoms with Crippen LogP contribution in [0.2, 0.25) is 0 Å². The molecule has 3 nitrogen and oxygen atoms in total. The number of nitrogens with zero attached hydrogens (tertiary/aromatic N) is 1. The highest BCUT2D eigenvalue weighted by Crippen LogP contribution is 1.94. The van der Waals surface area contributed by atoms with Gasteiger partial charge in [0.2, 0.25) is 5.91 Å². The third-order valence-electron chi connectivity index (χ3n) is 1.19. The van der Waals surface area contributed by atoms with E-state index in [1.165, 1.54) is 11.9 Å². The van der Waals surface area contributed by atoms with Crippen molar-refractivity contribution >= 4 is 5.91 Å². The van der Waals surface area contributed by atoms with Crippen molar-refractivity contribution in [3.8, 4) is 0 Å². The summed E-state index contributed by atoms with van der Waals surface area (Å²) in [5, 5.41) is 1.49. The molecule has 1 N–H and O–H groups in total. The predicted molar refractivity (Wildman–Crippen MR) is 34.3 cm³/mol. The maximum absolute atomic E-state index is 10.6. The first-order valence-corrected chi connectivity index (χ1v) is 3.00. The Morgan fingerprint density at radius 1 is 1.78 bits per heavy atom. The van der Waals surface area contributed by atoms with Gasteiger partial charge in [0, 0.05) is 19.7 Å². The van der Waals surface area contributed by atoms with Crippen molar-refractivity contribution in [3.63, 3.8) is 0 Å². The smallest absolute Gasteiger partial charge is 0.237 e. The van der Waals surface area contributed by atoms with Gasteiger partial charge in [-0.15, -0.1) is 0 Å². The molecule has 0 aliphatic carbocycles. The van der Waals surface area contributed by atoms with Gasteiger partial charge in [-0.1, -0.05) is 6.08 Å². The molecule has 1 amide bonds. The third-order valence-corrected chi connectivity index (χ3v) is 1.19. The fraction of sp³-hybridized carbons (Fsp3) is 0.500. The van der Waals surface area contributed by atoms with Gasteiger partial charge in [-0.3, -0.25) is 9.80 Å². The van der Waals surface area contributed by atoms with Gasteiger partial charge in [-0.25, -0.2) is 5.43 Å². The van der Waals surface area contributed by atoms with Gasteiger partial charge >= 0.3 is 0 Å². The molecule has 0 spiro atoms. The van der Waals surface area contributed by atoms with Gasteiger partial charge in [0.15, 0.2) is 0 Å². The van der Waals surface area contributed by atoms with Crippen molar-refractivity contribution in [1.29, 1.82) is 0 Å². The number of amides is 1. The first-order valence-electron chi connectivity index (χ1n) is 3.00. The number of carbonyl (C=O) groups excluding carboxylic acids is 1. The third kappa shape index (κ3) is 1.54. The Balaban J connectivity index is 2.50. The summed E-state index contributed by atoms with van der Waals surface area (Å²) < 4.78 is 0. The van der Waals surface area contributed by atoms with E-state index in [1.807, 2.05) is 6.08 Å². The summed E-state index contributed by atoms with van der Waals surface area (Å²) in [4.78, 5) is 10.6. The lowest BCUT2D eigenvalue weighted by molar-refractivity contribution is -0.129. The molecule has 0 bridgehead atoms. The molecule has 3 heteroatoms. The first-order chi connectivity index (χ1) is 4.30. The van der Waals surface area contributed by atoms with Crippen LogP contribution in [0.5, 0.6) is 0 Å². The maximum atomic E-state index is 10.6. The Hall–Kier alpha value is -0.830. The normalized spacial score (nSPS) is 18.1. The molecule has 1 aliphatic heterocycles. The molecule has 0 fully saturated rings. The van der Waals surface area contributed by atoms with Crippen molar-refractivity contribution in [2.45, 2.75) is 13.3 Å². The van der Waals surface area contributed by atoms with Crippen LogP contribution in [-0.2, 0) is 4.79 Å². The van der Waals surface area contributed by atoms with Gasteiger partial charge < -0.3 is 0 Å². The number of nitrogens with one attached hydrogen (secondary N) is 1. The van der Waals surface area contributed by atoms with E-state index in [9.17, 15) is 4.79 Å². The molecule has 0 saturated carbocycles. The van der Waals surface area contributed by atoms with Crippen molar-refractivity contribution in [2.75, 3.05) is 6.54 Å². The fourth-order valence-corrected chi connectivity index (χ4v) is 0.717. The van der Waals surface area contributed by atoms with Crippen LogP contribution in [0.1, 0.15) is 13.3 Å². The molecular weight excluding hydrogens is 116 g/mol. The van der Waals surface area contributed by atoms with Gasteiger partial charge in [0.25, 0.3) is 0 Å². The summed E-state index contributed by atoms with van der Waals surface area (Å²) in [6.45, 7) is 2.39. The summed E-state index contributed by atoms with van der Waals surface area (Å²) in [7, 11) is 0. The van der Waals surface area contributed by atoms with E-state index in [1.54, 1.807) is 6.20 Å². The van der Waals surface area contributed by atoms with Crippen molar-refractivity contribution in [1.82, 2.24) is 10.4 Å². The molecular formula is C6H10N2O. The lowest BCUT2D eigenvalue weighted by Crippen LogP contribution is -2.39. The summed E-state index contributed by atoms with van der Waals surface area (Å²) in [5.41, 5.74) is 2.92. The Morgan fingerprint density at radius 2 is 2.56 bits per heavy atom. The second-order valence-electron chi connectivity index (χ2n) is 1.97. The van der Waals surface area contributed by atoms with Crippen LogP contribution in [0.15, 0.2) is 12.3 Å². The van der Waals surface area contributed by atoms with Crippen LogP contribution < -0.4 is 5.43 Å². The molecule has 0 atom stereocenters. The van der Waals surface area contributed by atoms with Crippen LogP contribution in [0.4, 0.5) is 0 Å². The minimum Gasteiger partial charge on any atom is -0.273 e. The lowest BCUT2D eigenvalue weighted by Gasteiger charge is -2.20. The minimum atomic E-state index is 0.0333. The van der Waals surface area contributed by atoms with E-state index < -0.39 is 0 Å². The van der Waals surface area contributed by atoms with Crippen LogP contribution in [0.25, 0.3) is 0 Å². The highest BCUT2D eigenvalue weighted by Gasteiger charge is 2.04. The SMILES string of the molecule is CC(=O)N1C=CCCN1. The largest absolute Gasteiger partial charge is 0.273 e. The monoisotopic (exact) mass is 126 g/mol. The Kier molecular flexibility index (Phi) is 1.85. The summed E-state index contributed by atoms with van der Waals surface area (Å²) >= 11 is 0. The fourth-order valence-electron chi connectivity index (χ4n) is 0.717. The van der Waals surface area contributed by atoms with E-state index in [-0.39, 0.29) is 5.91 Å². The first kappa shape index (κ1) is 6.29. The van der Waals surface area contributed by atoms with Crippen molar-refractivity contribution in [3.05, 3.63) is 12.3 Å². The Bertz CT molecular complexity index is 142. The zero-order valence-electron chi connectivity index (χ0n) is 5.42. The van der Waals surface area contributed by atoms with Crippen LogP contribution >= 0.6 is 0 Å². The average Bonchev–Trinajstić information content (AvgIpc) is 1.90. The second kappa shape index (κ2) is 2.64. The molecule has 50 valence electrons. The topological polar surface area (TPSA) is 32.3 Å². The van der Waals surface area contributed by atoms with Gasteiger partial charge in [-0.2, -0.15) is 0 Å². The number of hydrogen-bond donors (Lipinski definition) is 1. The molecule has 0 saturated heterocycles. The van der Waals surface area contributed by atoms with E-state index in [0.29, 0.717) is 0 Å². The zero-order valence-corrected chi connectivity index (χ0v) is 5.42.